The molecule has 0 bridgehead atoms. The van der Waals surface area contributed by atoms with Crippen molar-refractivity contribution in [1.29, 1.82) is 0 Å². The van der Waals surface area contributed by atoms with E-state index in [1.54, 1.807) is 43.4 Å². The number of hydrogen-bond donors (Lipinski definition) is 1. The average Bonchev–Trinajstić information content (AvgIpc) is 2.60. The second-order valence-electron chi connectivity index (χ2n) is 7.11. The third-order valence-electron chi connectivity index (χ3n) is 3.94. The highest BCUT2D eigenvalue weighted by Crippen LogP contribution is 2.32. The van der Waals surface area contributed by atoms with E-state index in [-0.39, 0.29) is 35.2 Å². The Hall–Kier alpha value is -0.840. The van der Waals surface area contributed by atoms with E-state index in [0.717, 1.165) is 0 Å². The summed E-state index contributed by atoms with van der Waals surface area (Å²) in [5.74, 6) is -1.50. The van der Waals surface area contributed by atoms with Crippen LogP contribution in [0.2, 0.25) is 10.0 Å². The topological polar surface area (TPSA) is 70.1 Å². The molecule has 150 valence electrons. The van der Waals surface area contributed by atoms with Crippen LogP contribution in [0, 0.1) is 9.39 Å². The lowest BCUT2D eigenvalue weighted by Gasteiger charge is -2.41. The van der Waals surface area contributed by atoms with Gasteiger partial charge in [0.15, 0.2) is 5.82 Å². The monoisotopic (exact) mass is 532 g/mol. The summed E-state index contributed by atoms with van der Waals surface area (Å²) >= 11 is 13.7. The summed E-state index contributed by atoms with van der Waals surface area (Å²) in [5, 5.41) is 9.63. The minimum Gasteiger partial charge on any atom is -0.444 e. The molecule has 1 fully saturated rings. The molecular weight excluding hydrogens is 513 g/mol. The highest BCUT2D eigenvalue weighted by Gasteiger charge is 2.35. The summed E-state index contributed by atoms with van der Waals surface area (Å²) in [6, 6.07) is 0.525. The normalized spacial score (nSPS) is 17.9. The maximum absolute atomic E-state index is 14.5. The second kappa shape index (κ2) is 8.67. The van der Waals surface area contributed by atoms with Crippen molar-refractivity contribution in [1.82, 2.24) is 9.80 Å². The third-order valence-corrected chi connectivity index (χ3v) is 6.35. The molecule has 1 N–H and O–H groups in total. The molecule has 1 aromatic rings. The highest BCUT2D eigenvalue weighted by molar-refractivity contribution is 14.1. The van der Waals surface area contributed by atoms with E-state index in [1.807, 2.05) is 0 Å². The molecule has 10 heteroatoms. The van der Waals surface area contributed by atoms with Crippen LogP contribution < -0.4 is 0 Å². The first-order valence-corrected chi connectivity index (χ1v) is 10.0. The van der Waals surface area contributed by atoms with Gasteiger partial charge in [-0.3, -0.25) is 4.79 Å². The quantitative estimate of drug-likeness (QED) is 0.357. The molecule has 0 unspecified atom stereocenters. The molecule has 0 spiro atoms. The van der Waals surface area contributed by atoms with Crippen LogP contribution in [-0.4, -0.2) is 64.8 Å². The Morgan fingerprint density at radius 1 is 1.37 bits per heavy atom. The fourth-order valence-electron chi connectivity index (χ4n) is 2.65. The summed E-state index contributed by atoms with van der Waals surface area (Å²) in [4.78, 5) is 27.8. The predicted octanol–water partition coefficient (Wildman–Crippen LogP) is 3.79. The summed E-state index contributed by atoms with van der Waals surface area (Å²) < 4.78 is 20.1. The zero-order valence-corrected chi connectivity index (χ0v) is 18.7. The number of halogens is 4. The Labute approximate surface area is 180 Å². The van der Waals surface area contributed by atoms with Gasteiger partial charge in [-0.25, -0.2) is 9.18 Å². The van der Waals surface area contributed by atoms with Gasteiger partial charge in [0.1, 0.15) is 5.60 Å². The Balaban J connectivity index is 2.21. The van der Waals surface area contributed by atoms with Crippen LogP contribution in [0.3, 0.4) is 0 Å². The molecule has 1 aliphatic rings. The lowest BCUT2D eigenvalue weighted by atomic mass is 10.1. The van der Waals surface area contributed by atoms with Gasteiger partial charge in [0.25, 0.3) is 5.91 Å². The first-order chi connectivity index (χ1) is 12.5. The number of nitrogens with zero attached hydrogens (tertiary/aromatic N) is 2. The van der Waals surface area contributed by atoms with E-state index in [4.69, 9.17) is 27.9 Å². The SMILES string of the molecule is CC(C)(C)OC(=O)N1CCN(C(=O)c2cc(Cl)c(I)c(Cl)c2F)[C@@H](CO)C1. The van der Waals surface area contributed by atoms with E-state index in [2.05, 4.69) is 0 Å². The average molecular weight is 533 g/mol. The van der Waals surface area contributed by atoms with E-state index >= 15 is 0 Å². The molecule has 6 nitrogen and oxygen atoms in total. The number of piperazine rings is 1. The molecular formula is C17H20Cl2FIN2O4. The van der Waals surface area contributed by atoms with Crippen LogP contribution in [0.15, 0.2) is 6.07 Å². The first-order valence-electron chi connectivity index (χ1n) is 8.19. The van der Waals surface area contributed by atoms with Gasteiger partial charge in [0.05, 0.1) is 31.8 Å². The largest absolute Gasteiger partial charge is 0.444 e. The molecule has 1 atom stereocenters. The summed E-state index contributed by atoms with van der Waals surface area (Å²) in [6.07, 6.45) is -0.528. The zero-order valence-electron chi connectivity index (χ0n) is 15.1. The number of aliphatic hydroxyl groups is 1. The molecule has 0 saturated carbocycles. The number of amides is 2. The van der Waals surface area contributed by atoms with Crippen molar-refractivity contribution in [3.8, 4) is 0 Å². The zero-order chi connectivity index (χ0) is 20.5. The number of ether oxygens (including phenoxy) is 1. The van der Waals surface area contributed by atoms with Crippen molar-refractivity contribution in [2.45, 2.75) is 32.4 Å². The van der Waals surface area contributed by atoms with Gasteiger partial charge in [0, 0.05) is 19.6 Å². The van der Waals surface area contributed by atoms with Crippen LogP contribution >= 0.6 is 45.8 Å². The fourth-order valence-corrected chi connectivity index (χ4v) is 3.50. The molecule has 0 radical (unpaired) electrons. The molecule has 2 amide bonds. The molecule has 0 aliphatic carbocycles. The van der Waals surface area contributed by atoms with Gasteiger partial charge in [-0.15, -0.1) is 0 Å². The Kier molecular flexibility index (Phi) is 7.21. The molecule has 27 heavy (non-hydrogen) atoms. The lowest BCUT2D eigenvalue weighted by Crippen LogP contribution is -2.58. The standard InChI is InChI=1S/C17H20Cl2FIN2O4/c1-17(2,3)27-16(26)22-4-5-23(9(7-22)8-24)15(25)10-6-11(18)14(21)12(19)13(10)20/h6,9,24H,4-5,7-8H2,1-3H3/t9-/m1/s1. The van der Waals surface area contributed by atoms with Crippen molar-refractivity contribution in [3.05, 3.63) is 31.1 Å². The van der Waals surface area contributed by atoms with Crippen LogP contribution in [-0.2, 0) is 4.74 Å². The summed E-state index contributed by atoms with van der Waals surface area (Å²) in [5.41, 5.74) is -0.925. The third kappa shape index (κ3) is 5.16. The first kappa shape index (κ1) is 22.4. The second-order valence-corrected chi connectivity index (χ2v) is 8.97. The van der Waals surface area contributed by atoms with Gasteiger partial charge < -0.3 is 19.6 Å². The van der Waals surface area contributed by atoms with Crippen molar-refractivity contribution in [3.63, 3.8) is 0 Å². The minimum absolute atomic E-state index is 0.0740. The number of hydrogen-bond acceptors (Lipinski definition) is 4. The molecule has 1 aliphatic heterocycles. The fraction of sp³-hybridized carbons (Fsp3) is 0.529. The maximum Gasteiger partial charge on any atom is 0.410 e. The molecule has 2 rings (SSSR count). The highest BCUT2D eigenvalue weighted by atomic mass is 127. The van der Waals surface area contributed by atoms with Gasteiger partial charge in [-0.1, -0.05) is 23.2 Å². The Morgan fingerprint density at radius 3 is 2.56 bits per heavy atom. The number of rotatable bonds is 2. The molecule has 1 heterocycles. The molecule has 1 aromatic carbocycles. The van der Waals surface area contributed by atoms with E-state index in [1.165, 1.54) is 15.9 Å². The Bertz CT molecular complexity index is 757. The number of carbonyl (C=O) groups is 2. The van der Waals surface area contributed by atoms with Gasteiger partial charge in [-0.2, -0.15) is 0 Å². The van der Waals surface area contributed by atoms with Gasteiger partial charge in [-0.05, 0) is 49.4 Å². The van der Waals surface area contributed by atoms with Crippen LogP contribution in [0.5, 0.6) is 0 Å². The van der Waals surface area contributed by atoms with E-state index in [9.17, 15) is 19.1 Å². The number of carbonyl (C=O) groups excluding carboxylic acids is 2. The van der Waals surface area contributed by atoms with Crippen LogP contribution in [0.4, 0.5) is 9.18 Å². The Morgan fingerprint density at radius 2 is 2.00 bits per heavy atom. The van der Waals surface area contributed by atoms with Gasteiger partial charge >= 0.3 is 6.09 Å². The number of aliphatic hydroxyl groups excluding tert-OH is 1. The summed E-state index contributed by atoms with van der Waals surface area (Å²) in [6.45, 7) is 5.25. The van der Waals surface area contributed by atoms with Crippen molar-refractivity contribution in [2.24, 2.45) is 0 Å². The van der Waals surface area contributed by atoms with E-state index < -0.39 is 36.1 Å². The van der Waals surface area contributed by atoms with Crippen molar-refractivity contribution >= 4 is 57.8 Å². The smallest absolute Gasteiger partial charge is 0.410 e. The van der Waals surface area contributed by atoms with Crippen LogP contribution in [0.1, 0.15) is 31.1 Å². The maximum atomic E-state index is 14.5. The molecule has 0 aromatic heterocycles. The van der Waals surface area contributed by atoms with Crippen molar-refractivity contribution in [2.75, 3.05) is 26.2 Å². The lowest BCUT2D eigenvalue weighted by molar-refractivity contribution is -0.00255. The van der Waals surface area contributed by atoms with E-state index in [0.29, 0.717) is 3.57 Å². The molecule has 1 saturated heterocycles. The van der Waals surface area contributed by atoms with Gasteiger partial charge in [0.2, 0.25) is 0 Å². The summed E-state index contributed by atoms with van der Waals surface area (Å²) in [7, 11) is 0. The van der Waals surface area contributed by atoms with Crippen LogP contribution in [0.25, 0.3) is 0 Å². The predicted molar refractivity (Wildman–Crippen MR) is 109 cm³/mol. The van der Waals surface area contributed by atoms with Crippen molar-refractivity contribution < 1.29 is 23.8 Å². The minimum atomic E-state index is -0.860. The number of benzene rings is 1.